The van der Waals surface area contributed by atoms with Gasteiger partial charge in [0.15, 0.2) is 21.2 Å². The smallest absolute Gasteiger partial charge is 0.273 e. The van der Waals surface area contributed by atoms with Gasteiger partial charge < -0.3 is 10.6 Å². The number of aryl methyl sites for hydroxylation is 1. The van der Waals surface area contributed by atoms with E-state index < -0.39 is 21.9 Å². The summed E-state index contributed by atoms with van der Waals surface area (Å²) in [6.07, 6.45) is 2.65. The Morgan fingerprint density at radius 1 is 1.09 bits per heavy atom. The molecule has 0 fully saturated rings. The van der Waals surface area contributed by atoms with Gasteiger partial charge >= 0.3 is 0 Å². The van der Waals surface area contributed by atoms with Gasteiger partial charge in [-0.1, -0.05) is 22.6 Å². The topological polar surface area (TPSA) is 154 Å². The van der Waals surface area contributed by atoms with E-state index in [1.165, 1.54) is 40.9 Å². The van der Waals surface area contributed by atoms with E-state index >= 15 is 0 Å². The van der Waals surface area contributed by atoms with Crippen LogP contribution in [0.1, 0.15) is 33.0 Å². The first-order valence-corrected chi connectivity index (χ1v) is 11.8. The molecule has 1 atom stereocenters. The fourth-order valence-corrected chi connectivity index (χ4v) is 3.55. The van der Waals surface area contributed by atoms with Crippen molar-refractivity contribution in [1.29, 1.82) is 0 Å². The van der Waals surface area contributed by atoms with Gasteiger partial charge in [0.05, 0.1) is 23.8 Å². The van der Waals surface area contributed by atoms with Crippen LogP contribution in [0.5, 0.6) is 0 Å². The maximum absolute atomic E-state index is 14.3. The van der Waals surface area contributed by atoms with Crippen LogP contribution in [0, 0.1) is 0 Å². The van der Waals surface area contributed by atoms with Gasteiger partial charge in [0.25, 0.3) is 11.8 Å². The van der Waals surface area contributed by atoms with Gasteiger partial charge in [-0.25, -0.2) is 17.5 Å². The van der Waals surface area contributed by atoms with E-state index in [1.54, 1.807) is 12.1 Å². The Bertz CT molecular complexity index is 1240. The third-order valence-electron chi connectivity index (χ3n) is 4.61. The molecule has 3 rings (SSSR count). The summed E-state index contributed by atoms with van der Waals surface area (Å²) in [6, 6.07) is 6.23. The number of nitrogens with one attached hydrogen (secondary N) is 2. The third-order valence-corrected chi connectivity index (χ3v) is 5.72. The number of hydrogen-bond donors (Lipinski definition) is 2. The lowest BCUT2D eigenvalue weighted by molar-refractivity contribution is 0.0942. The predicted octanol–water partition coefficient (Wildman–Crippen LogP) is -0.00890. The summed E-state index contributed by atoms with van der Waals surface area (Å²) in [5.74, 6) is -0.902. The van der Waals surface area contributed by atoms with Crippen LogP contribution >= 0.6 is 0 Å². The largest absolute Gasteiger partial charge is 0.354 e. The van der Waals surface area contributed by atoms with Crippen LogP contribution in [0.3, 0.4) is 0 Å². The molecule has 0 spiro atoms. The molecule has 176 valence electrons. The van der Waals surface area contributed by atoms with Crippen molar-refractivity contribution >= 4 is 21.7 Å². The molecule has 33 heavy (non-hydrogen) atoms. The van der Waals surface area contributed by atoms with Crippen molar-refractivity contribution in [2.75, 3.05) is 13.3 Å². The van der Waals surface area contributed by atoms with Gasteiger partial charge in [-0.3, -0.25) is 14.3 Å². The maximum Gasteiger partial charge on any atom is 0.273 e. The molecule has 0 saturated carbocycles. The number of carbonyl (C=O) groups is 2. The summed E-state index contributed by atoms with van der Waals surface area (Å²) in [5, 5.41) is 20.1. The summed E-state index contributed by atoms with van der Waals surface area (Å²) in [4.78, 5) is 23.9. The number of nitrogens with zero attached hydrogens (tertiary/aromatic N) is 6. The lowest BCUT2D eigenvalue weighted by Gasteiger charge is -2.07. The first-order valence-electron chi connectivity index (χ1n) is 9.89. The molecule has 0 bridgehead atoms. The zero-order valence-corrected chi connectivity index (χ0v) is 18.8. The van der Waals surface area contributed by atoms with Crippen LogP contribution in [-0.4, -0.2) is 69.7 Å². The second-order valence-electron chi connectivity index (χ2n) is 7.26. The molecule has 14 heteroatoms. The Hall–Kier alpha value is -3.68. The molecule has 3 aromatic rings. The Morgan fingerprint density at radius 2 is 1.76 bits per heavy atom. The van der Waals surface area contributed by atoms with Gasteiger partial charge in [-0.2, -0.15) is 0 Å². The minimum absolute atomic E-state index is 0.00737. The Morgan fingerprint density at radius 3 is 2.45 bits per heavy atom. The minimum atomic E-state index is -3.35. The number of benzene rings is 1. The molecule has 0 aliphatic rings. The molecular weight excluding hydrogens is 455 g/mol. The average Bonchev–Trinajstić information content (AvgIpc) is 3.45. The molecular formula is C19H23FN8O4S. The number of amides is 2. The predicted molar refractivity (Wildman–Crippen MR) is 114 cm³/mol. The van der Waals surface area contributed by atoms with Crippen LogP contribution in [0.4, 0.5) is 4.39 Å². The monoisotopic (exact) mass is 478 g/mol. The summed E-state index contributed by atoms with van der Waals surface area (Å²) in [6.45, 7) is 0.185. The number of carbonyl (C=O) groups excluding carboxylic acids is 2. The number of aromatic nitrogens is 6. The molecule has 0 aliphatic carbocycles. The number of hydrogen-bond acceptors (Lipinski definition) is 8. The van der Waals surface area contributed by atoms with Crippen molar-refractivity contribution in [3.05, 3.63) is 53.6 Å². The summed E-state index contributed by atoms with van der Waals surface area (Å²) >= 11 is 0. The van der Waals surface area contributed by atoms with Gasteiger partial charge in [0, 0.05) is 32.8 Å². The fraction of sp³-hybridized carbons (Fsp3) is 0.368. The number of sulfone groups is 1. The molecule has 0 radical (unpaired) electrons. The van der Waals surface area contributed by atoms with Crippen molar-refractivity contribution in [3.63, 3.8) is 0 Å². The molecule has 0 aliphatic heterocycles. The second-order valence-corrected chi connectivity index (χ2v) is 9.28. The van der Waals surface area contributed by atoms with Crippen LogP contribution < -0.4 is 10.6 Å². The first kappa shape index (κ1) is 24.0. The zero-order valence-electron chi connectivity index (χ0n) is 18.0. The molecule has 1 unspecified atom stereocenters. The van der Waals surface area contributed by atoms with Crippen molar-refractivity contribution in [2.24, 2.45) is 0 Å². The van der Waals surface area contributed by atoms with Crippen LogP contribution in [0.2, 0.25) is 0 Å². The minimum Gasteiger partial charge on any atom is -0.354 e. The third kappa shape index (κ3) is 6.65. The molecule has 2 heterocycles. The summed E-state index contributed by atoms with van der Waals surface area (Å²) in [7, 11) is -1.88. The fourth-order valence-electron chi connectivity index (χ4n) is 2.86. The van der Waals surface area contributed by atoms with Crippen molar-refractivity contribution in [2.45, 2.75) is 37.1 Å². The van der Waals surface area contributed by atoms with Crippen molar-refractivity contribution in [3.8, 4) is 0 Å². The maximum atomic E-state index is 14.3. The number of rotatable bonds is 10. The molecule has 12 nitrogen and oxygen atoms in total. The Balaban J connectivity index is 1.49. The second kappa shape index (κ2) is 10.3. The van der Waals surface area contributed by atoms with Gasteiger partial charge in [0.1, 0.15) is 6.17 Å². The van der Waals surface area contributed by atoms with Crippen molar-refractivity contribution < 1.29 is 22.4 Å². The molecule has 2 aromatic heterocycles. The van der Waals surface area contributed by atoms with E-state index in [4.69, 9.17) is 0 Å². The van der Waals surface area contributed by atoms with E-state index in [0.717, 1.165) is 6.26 Å². The molecule has 2 N–H and O–H groups in total. The number of halogens is 1. The quantitative estimate of drug-likeness (QED) is 0.412. The highest BCUT2D eigenvalue weighted by atomic mass is 32.2. The lowest BCUT2D eigenvalue weighted by Crippen LogP contribution is -2.23. The van der Waals surface area contributed by atoms with Crippen molar-refractivity contribution in [1.82, 2.24) is 40.6 Å². The summed E-state index contributed by atoms with van der Waals surface area (Å²) < 4.78 is 40.2. The molecule has 0 saturated heterocycles. The van der Waals surface area contributed by atoms with Crippen LogP contribution in [0.25, 0.3) is 0 Å². The normalized spacial score (nSPS) is 12.3. The van der Waals surface area contributed by atoms with E-state index in [-0.39, 0.29) is 48.2 Å². The zero-order chi connectivity index (χ0) is 24.0. The van der Waals surface area contributed by atoms with Crippen LogP contribution in [0.15, 0.2) is 41.6 Å². The van der Waals surface area contributed by atoms with E-state index in [2.05, 4.69) is 31.3 Å². The SMILES string of the molecule is CNC(=O)c1cn(CCC(F)Cn2cc(C(=O)NCc3cccc(S(C)(=O)=O)c3)nn2)nn1. The van der Waals surface area contributed by atoms with E-state index in [9.17, 15) is 22.4 Å². The highest BCUT2D eigenvalue weighted by Gasteiger charge is 2.15. The first-order chi connectivity index (χ1) is 15.7. The van der Waals surface area contributed by atoms with E-state index in [1.807, 2.05) is 0 Å². The highest BCUT2D eigenvalue weighted by molar-refractivity contribution is 7.90. The number of alkyl halides is 1. The lowest BCUT2D eigenvalue weighted by atomic mass is 10.2. The summed E-state index contributed by atoms with van der Waals surface area (Å²) in [5.41, 5.74) is 0.756. The Kier molecular flexibility index (Phi) is 7.48. The highest BCUT2D eigenvalue weighted by Crippen LogP contribution is 2.11. The molecule has 1 aromatic carbocycles. The standard InChI is InChI=1S/C19H23FN8O4S/c1-21-18(29)16-11-27(25-23-16)7-6-14(20)10-28-12-17(24-26-28)19(30)22-9-13-4-3-5-15(8-13)33(2,31)32/h3-5,8,11-12,14H,6-7,9-10H2,1-2H3,(H,21,29)(H,22,30). The van der Waals surface area contributed by atoms with E-state index in [0.29, 0.717) is 5.56 Å². The van der Waals surface area contributed by atoms with Gasteiger partial charge in [-0.05, 0) is 17.7 Å². The van der Waals surface area contributed by atoms with Crippen LogP contribution in [-0.2, 0) is 29.5 Å². The average molecular weight is 479 g/mol. The van der Waals surface area contributed by atoms with Gasteiger partial charge in [0.2, 0.25) is 0 Å². The molecule has 2 amide bonds. The Labute approximate surface area is 189 Å². The van der Waals surface area contributed by atoms with Gasteiger partial charge in [-0.15, -0.1) is 10.2 Å².